The van der Waals surface area contributed by atoms with Crippen LogP contribution in [-0.2, 0) is 0 Å². The fraction of sp³-hybridized carbons (Fsp3) is 0.290. The Balaban J connectivity index is 1.20. The second-order valence-corrected chi connectivity index (χ2v) is 10.4. The van der Waals surface area contributed by atoms with Crippen LogP contribution in [0.1, 0.15) is 64.4 Å². The van der Waals surface area contributed by atoms with Crippen LogP contribution in [0.2, 0.25) is 0 Å². The molecule has 200 valence electrons. The number of anilines is 2. The molecule has 0 bridgehead atoms. The van der Waals surface area contributed by atoms with Gasteiger partial charge in [-0.15, -0.1) is 0 Å². The summed E-state index contributed by atoms with van der Waals surface area (Å²) < 4.78 is 0. The van der Waals surface area contributed by atoms with Gasteiger partial charge in [0.2, 0.25) is 0 Å². The number of carbonyl (C=O) groups is 2. The molecule has 0 unspecified atom stereocenters. The lowest BCUT2D eigenvalue weighted by Crippen LogP contribution is -2.38. The highest BCUT2D eigenvalue weighted by Crippen LogP contribution is 2.31. The Morgan fingerprint density at radius 2 is 1.69 bits per heavy atom. The van der Waals surface area contributed by atoms with Crippen LogP contribution in [0.25, 0.3) is 11.1 Å². The fourth-order valence-electron chi connectivity index (χ4n) is 4.95. The van der Waals surface area contributed by atoms with Gasteiger partial charge in [-0.05, 0) is 80.5 Å². The molecule has 0 aliphatic carbocycles. The van der Waals surface area contributed by atoms with Crippen molar-refractivity contribution in [3.05, 3.63) is 95.4 Å². The molecule has 2 aromatic carbocycles. The molecule has 2 aromatic heterocycles. The number of amides is 2. The Kier molecular flexibility index (Phi) is 7.72. The number of piperidine rings is 1. The van der Waals surface area contributed by atoms with Gasteiger partial charge in [-0.1, -0.05) is 30.3 Å². The predicted molar refractivity (Wildman–Crippen MR) is 154 cm³/mol. The second kappa shape index (κ2) is 11.5. The number of aryl methyl sites for hydroxylation is 1. The van der Waals surface area contributed by atoms with Crippen molar-refractivity contribution < 1.29 is 9.59 Å². The van der Waals surface area contributed by atoms with E-state index in [4.69, 9.17) is 0 Å². The van der Waals surface area contributed by atoms with E-state index in [2.05, 4.69) is 50.1 Å². The maximum absolute atomic E-state index is 13.4. The normalized spacial score (nSPS) is 13.9. The minimum atomic E-state index is -0.258. The maximum Gasteiger partial charge on any atom is 0.257 e. The van der Waals surface area contributed by atoms with E-state index in [0.717, 1.165) is 35.3 Å². The van der Waals surface area contributed by atoms with Crippen LogP contribution in [0.5, 0.6) is 0 Å². The molecular weight excluding hydrogens is 488 g/mol. The van der Waals surface area contributed by atoms with Crippen molar-refractivity contribution in [1.82, 2.24) is 20.1 Å². The number of hydrogen-bond donors (Lipinski definition) is 3. The van der Waals surface area contributed by atoms with Gasteiger partial charge in [-0.2, -0.15) is 5.10 Å². The summed E-state index contributed by atoms with van der Waals surface area (Å²) in [5.74, 6) is 0.882. The number of nitrogens with one attached hydrogen (secondary N) is 3. The lowest BCUT2D eigenvalue weighted by atomic mass is 9.88. The number of carbonyl (C=O) groups excluding carboxylic acids is 2. The van der Waals surface area contributed by atoms with Gasteiger partial charge in [0.25, 0.3) is 11.8 Å². The molecular formula is C31H34N6O2. The summed E-state index contributed by atoms with van der Waals surface area (Å²) in [6.45, 7) is 7.38. The Hall–Kier alpha value is -4.46. The van der Waals surface area contributed by atoms with Gasteiger partial charge in [-0.25, -0.2) is 4.98 Å². The molecule has 0 saturated carbocycles. The number of pyridine rings is 1. The van der Waals surface area contributed by atoms with Crippen molar-refractivity contribution >= 4 is 23.3 Å². The molecule has 1 aliphatic heterocycles. The first-order chi connectivity index (χ1) is 18.9. The largest absolute Gasteiger partial charge is 0.368 e. The zero-order chi connectivity index (χ0) is 27.4. The standard InChI is InChI=1S/C31H34N6O2/c1-20(2)35-29-11-10-26(17-32-29)30(38)36-28-16-25(5-4-21(28)3)31(39)37-14-12-24(13-15-37)22-6-8-23(9-7-22)27-18-33-34-19-27/h4-11,16-20,24H,12-15H2,1-3H3,(H,32,35)(H,33,34)(H,36,38). The highest BCUT2D eigenvalue weighted by atomic mass is 16.2. The van der Waals surface area contributed by atoms with E-state index in [0.29, 0.717) is 35.8 Å². The fourth-order valence-corrected chi connectivity index (χ4v) is 4.95. The summed E-state index contributed by atoms with van der Waals surface area (Å²) in [4.78, 5) is 32.5. The van der Waals surface area contributed by atoms with E-state index in [-0.39, 0.29) is 17.9 Å². The van der Waals surface area contributed by atoms with Crippen LogP contribution < -0.4 is 10.6 Å². The zero-order valence-electron chi connectivity index (χ0n) is 22.6. The van der Waals surface area contributed by atoms with Gasteiger partial charge in [0.15, 0.2) is 0 Å². The number of aromatic amines is 1. The van der Waals surface area contributed by atoms with Gasteiger partial charge >= 0.3 is 0 Å². The van der Waals surface area contributed by atoms with Crippen LogP contribution in [-0.4, -0.2) is 51.0 Å². The van der Waals surface area contributed by atoms with E-state index in [1.54, 1.807) is 24.4 Å². The topological polar surface area (TPSA) is 103 Å². The third-order valence-corrected chi connectivity index (χ3v) is 7.19. The number of H-pyrrole nitrogens is 1. The SMILES string of the molecule is Cc1ccc(C(=O)N2CCC(c3ccc(-c4cn[nH]c4)cc3)CC2)cc1NC(=O)c1ccc(NC(C)C)nc1. The third kappa shape index (κ3) is 6.17. The molecule has 1 aliphatic rings. The van der Waals surface area contributed by atoms with E-state index in [1.165, 1.54) is 5.56 Å². The Bertz CT molecular complexity index is 1420. The van der Waals surface area contributed by atoms with Gasteiger partial charge in [0, 0.05) is 48.3 Å². The highest BCUT2D eigenvalue weighted by Gasteiger charge is 2.25. The molecule has 3 heterocycles. The number of benzene rings is 2. The smallest absolute Gasteiger partial charge is 0.257 e. The monoisotopic (exact) mass is 522 g/mol. The summed E-state index contributed by atoms with van der Waals surface area (Å²) >= 11 is 0. The van der Waals surface area contributed by atoms with Crippen molar-refractivity contribution in [1.29, 1.82) is 0 Å². The van der Waals surface area contributed by atoms with Crippen LogP contribution in [0.3, 0.4) is 0 Å². The van der Waals surface area contributed by atoms with Crippen LogP contribution in [0.4, 0.5) is 11.5 Å². The van der Waals surface area contributed by atoms with Crippen molar-refractivity contribution in [3.8, 4) is 11.1 Å². The molecule has 5 rings (SSSR count). The number of likely N-dealkylation sites (tertiary alicyclic amines) is 1. The average molecular weight is 523 g/mol. The summed E-state index contributed by atoms with van der Waals surface area (Å²) in [5, 5.41) is 13.0. The number of hydrogen-bond acceptors (Lipinski definition) is 5. The van der Waals surface area contributed by atoms with Crippen LogP contribution in [0.15, 0.2) is 73.2 Å². The number of aromatic nitrogens is 3. The minimum absolute atomic E-state index is 0.00923. The molecule has 1 fully saturated rings. The Morgan fingerprint density at radius 1 is 0.949 bits per heavy atom. The Morgan fingerprint density at radius 3 is 2.33 bits per heavy atom. The molecule has 4 aromatic rings. The predicted octanol–water partition coefficient (Wildman–Crippen LogP) is 5.87. The highest BCUT2D eigenvalue weighted by molar-refractivity contribution is 6.05. The van der Waals surface area contributed by atoms with Gasteiger partial charge in [0.05, 0.1) is 11.8 Å². The summed E-state index contributed by atoms with van der Waals surface area (Å²) in [7, 11) is 0. The first-order valence-corrected chi connectivity index (χ1v) is 13.4. The lowest BCUT2D eigenvalue weighted by molar-refractivity contribution is 0.0712. The lowest BCUT2D eigenvalue weighted by Gasteiger charge is -2.32. The first-order valence-electron chi connectivity index (χ1n) is 13.4. The van der Waals surface area contributed by atoms with Crippen molar-refractivity contribution in [3.63, 3.8) is 0 Å². The van der Waals surface area contributed by atoms with Crippen molar-refractivity contribution in [2.45, 2.75) is 45.6 Å². The van der Waals surface area contributed by atoms with E-state index in [1.807, 2.05) is 50.2 Å². The summed E-state index contributed by atoms with van der Waals surface area (Å²) in [5.41, 5.74) is 6.07. The molecule has 8 heteroatoms. The summed E-state index contributed by atoms with van der Waals surface area (Å²) in [6, 6.07) is 17.9. The van der Waals surface area contributed by atoms with Crippen LogP contribution >= 0.6 is 0 Å². The van der Waals surface area contributed by atoms with Crippen molar-refractivity contribution in [2.75, 3.05) is 23.7 Å². The minimum Gasteiger partial charge on any atom is -0.368 e. The van der Waals surface area contributed by atoms with Crippen LogP contribution in [0, 0.1) is 6.92 Å². The quantitative estimate of drug-likeness (QED) is 0.282. The van der Waals surface area contributed by atoms with E-state index in [9.17, 15) is 9.59 Å². The molecule has 3 N–H and O–H groups in total. The third-order valence-electron chi connectivity index (χ3n) is 7.19. The van der Waals surface area contributed by atoms with Crippen molar-refractivity contribution in [2.24, 2.45) is 0 Å². The second-order valence-electron chi connectivity index (χ2n) is 10.4. The molecule has 0 atom stereocenters. The Labute approximate surface area is 228 Å². The number of nitrogens with zero attached hydrogens (tertiary/aromatic N) is 3. The average Bonchev–Trinajstić information content (AvgIpc) is 3.49. The zero-order valence-corrected chi connectivity index (χ0v) is 22.6. The van der Waals surface area contributed by atoms with E-state index < -0.39 is 0 Å². The molecule has 2 amide bonds. The summed E-state index contributed by atoms with van der Waals surface area (Å²) in [6.07, 6.45) is 7.10. The van der Waals surface area contributed by atoms with Gasteiger partial charge < -0.3 is 15.5 Å². The molecule has 8 nitrogen and oxygen atoms in total. The maximum atomic E-state index is 13.4. The molecule has 0 spiro atoms. The molecule has 1 saturated heterocycles. The van der Waals surface area contributed by atoms with Gasteiger partial charge in [0.1, 0.15) is 5.82 Å². The molecule has 39 heavy (non-hydrogen) atoms. The molecule has 0 radical (unpaired) electrons. The van der Waals surface area contributed by atoms with Gasteiger partial charge in [-0.3, -0.25) is 14.7 Å². The van der Waals surface area contributed by atoms with E-state index >= 15 is 0 Å². The number of rotatable bonds is 7. The first kappa shape index (κ1) is 26.2.